The fraction of sp³-hybridized carbons (Fsp3) is 0.250. The van der Waals surface area contributed by atoms with Crippen molar-refractivity contribution in [3.05, 3.63) is 51.6 Å². The third-order valence-corrected chi connectivity index (χ3v) is 3.73. The minimum Gasteiger partial charge on any atom is -0.478 e. The van der Waals surface area contributed by atoms with Gasteiger partial charge in [0.2, 0.25) is 0 Å². The van der Waals surface area contributed by atoms with Crippen molar-refractivity contribution in [2.45, 2.75) is 26.7 Å². The van der Waals surface area contributed by atoms with Gasteiger partial charge in [-0.2, -0.15) is 0 Å². The molecule has 0 aliphatic carbocycles. The molecule has 1 aromatic carbocycles. The van der Waals surface area contributed by atoms with Crippen molar-refractivity contribution in [1.29, 1.82) is 0 Å². The highest BCUT2D eigenvalue weighted by atomic mass is 79.9. The standard InChI is InChI=1S/C16H17BrN2O2/c1-9(2)14-7-11(16(20)21)8-15(19-14)18-13-5-4-10(3)6-12(13)17/h4-9H,1-3H3,(H,18,19)(H,20,21). The fourth-order valence-corrected chi connectivity index (χ4v) is 2.49. The van der Waals surface area contributed by atoms with Gasteiger partial charge in [-0.15, -0.1) is 0 Å². The summed E-state index contributed by atoms with van der Waals surface area (Å²) in [5.41, 5.74) is 2.98. The Bertz CT molecular complexity index is 684. The summed E-state index contributed by atoms with van der Waals surface area (Å²) in [5, 5.41) is 12.4. The van der Waals surface area contributed by atoms with E-state index in [-0.39, 0.29) is 11.5 Å². The smallest absolute Gasteiger partial charge is 0.335 e. The molecule has 4 nitrogen and oxygen atoms in total. The second-order valence-corrected chi connectivity index (χ2v) is 6.09. The normalized spacial score (nSPS) is 10.7. The largest absolute Gasteiger partial charge is 0.478 e. The summed E-state index contributed by atoms with van der Waals surface area (Å²) in [5.74, 6) is -0.264. The van der Waals surface area contributed by atoms with E-state index in [4.69, 9.17) is 0 Å². The van der Waals surface area contributed by atoms with E-state index in [1.165, 1.54) is 0 Å². The Morgan fingerprint density at radius 3 is 2.57 bits per heavy atom. The molecule has 0 fully saturated rings. The average Bonchev–Trinajstić information content (AvgIpc) is 2.41. The monoisotopic (exact) mass is 348 g/mol. The van der Waals surface area contributed by atoms with E-state index in [0.29, 0.717) is 5.82 Å². The van der Waals surface area contributed by atoms with Crippen molar-refractivity contribution in [2.75, 3.05) is 5.32 Å². The molecule has 0 amide bonds. The average molecular weight is 349 g/mol. The fourth-order valence-electron chi connectivity index (χ4n) is 1.89. The number of carboxylic acid groups (broad SMARTS) is 1. The molecule has 0 aliphatic heterocycles. The highest BCUT2D eigenvalue weighted by molar-refractivity contribution is 9.10. The van der Waals surface area contributed by atoms with E-state index < -0.39 is 5.97 Å². The number of nitrogens with zero attached hydrogens (tertiary/aromatic N) is 1. The zero-order chi connectivity index (χ0) is 15.6. The lowest BCUT2D eigenvalue weighted by atomic mass is 10.1. The number of anilines is 2. The quantitative estimate of drug-likeness (QED) is 0.839. The Morgan fingerprint density at radius 1 is 1.29 bits per heavy atom. The Kier molecular flexibility index (Phi) is 4.63. The van der Waals surface area contributed by atoms with Crippen LogP contribution in [0.15, 0.2) is 34.8 Å². The molecule has 0 saturated heterocycles. The molecule has 2 aromatic rings. The van der Waals surface area contributed by atoms with Crippen LogP contribution in [0.25, 0.3) is 0 Å². The maximum atomic E-state index is 11.2. The molecule has 0 aliphatic rings. The molecular weight excluding hydrogens is 332 g/mol. The van der Waals surface area contributed by atoms with E-state index in [2.05, 4.69) is 26.2 Å². The number of carboxylic acids is 1. The van der Waals surface area contributed by atoms with Crippen molar-refractivity contribution in [1.82, 2.24) is 4.98 Å². The maximum Gasteiger partial charge on any atom is 0.335 e. The summed E-state index contributed by atoms with van der Waals surface area (Å²) in [6.07, 6.45) is 0. The van der Waals surface area contributed by atoms with Gasteiger partial charge in [-0.05, 0) is 58.6 Å². The van der Waals surface area contributed by atoms with E-state index in [0.717, 1.165) is 21.4 Å². The van der Waals surface area contributed by atoms with Crippen LogP contribution in [0.1, 0.15) is 41.4 Å². The summed E-state index contributed by atoms with van der Waals surface area (Å²) in [7, 11) is 0. The van der Waals surface area contributed by atoms with E-state index in [1.54, 1.807) is 12.1 Å². The van der Waals surface area contributed by atoms with Gasteiger partial charge in [0, 0.05) is 10.2 Å². The molecule has 1 aromatic heterocycles. The summed E-state index contributed by atoms with van der Waals surface area (Å²) < 4.78 is 0.913. The number of benzene rings is 1. The zero-order valence-electron chi connectivity index (χ0n) is 12.1. The molecule has 0 unspecified atom stereocenters. The van der Waals surface area contributed by atoms with Gasteiger partial charge < -0.3 is 10.4 Å². The predicted molar refractivity (Wildman–Crippen MR) is 87.4 cm³/mol. The maximum absolute atomic E-state index is 11.2. The molecule has 21 heavy (non-hydrogen) atoms. The van der Waals surface area contributed by atoms with E-state index in [9.17, 15) is 9.90 Å². The summed E-state index contributed by atoms with van der Waals surface area (Å²) in [6.45, 7) is 5.98. The summed E-state index contributed by atoms with van der Waals surface area (Å²) in [4.78, 5) is 15.7. The Hall–Kier alpha value is -1.88. The van der Waals surface area contributed by atoms with Crippen LogP contribution in [0.4, 0.5) is 11.5 Å². The minimum atomic E-state index is -0.953. The molecule has 1 heterocycles. The lowest BCUT2D eigenvalue weighted by Crippen LogP contribution is -2.05. The number of rotatable bonds is 4. The number of hydrogen-bond acceptors (Lipinski definition) is 3. The Labute approximate surface area is 132 Å². The molecule has 0 saturated carbocycles. The van der Waals surface area contributed by atoms with Gasteiger partial charge in [0.15, 0.2) is 0 Å². The molecule has 0 radical (unpaired) electrons. The second kappa shape index (κ2) is 6.26. The van der Waals surface area contributed by atoms with Gasteiger partial charge in [0.25, 0.3) is 0 Å². The zero-order valence-corrected chi connectivity index (χ0v) is 13.7. The van der Waals surface area contributed by atoms with Crippen LogP contribution in [0.5, 0.6) is 0 Å². The number of aryl methyl sites for hydroxylation is 1. The molecular formula is C16H17BrN2O2. The van der Waals surface area contributed by atoms with Crippen molar-refractivity contribution in [3.8, 4) is 0 Å². The predicted octanol–water partition coefficient (Wildman–Crippen LogP) is 4.72. The van der Waals surface area contributed by atoms with Crippen LogP contribution in [0, 0.1) is 6.92 Å². The van der Waals surface area contributed by atoms with Crippen LogP contribution >= 0.6 is 15.9 Å². The third-order valence-electron chi connectivity index (χ3n) is 3.07. The van der Waals surface area contributed by atoms with Gasteiger partial charge >= 0.3 is 5.97 Å². The Morgan fingerprint density at radius 2 is 2.00 bits per heavy atom. The number of aromatic carboxylic acids is 1. The first-order valence-electron chi connectivity index (χ1n) is 6.65. The van der Waals surface area contributed by atoms with Crippen molar-refractivity contribution in [3.63, 3.8) is 0 Å². The highest BCUT2D eigenvalue weighted by Crippen LogP contribution is 2.27. The number of nitrogens with one attached hydrogen (secondary N) is 1. The molecule has 2 rings (SSSR count). The molecule has 110 valence electrons. The van der Waals surface area contributed by atoms with Crippen molar-refractivity contribution >= 4 is 33.4 Å². The van der Waals surface area contributed by atoms with E-state index >= 15 is 0 Å². The Balaban J connectivity index is 2.41. The lowest BCUT2D eigenvalue weighted by Gasteiger charge is -2.12. The van der Waals surface area contributed by atoms with Gasteiger partial charge in [-0.1, -0.05) is 19.9 Å². The molecule has 5 heteroatoms. The van der Waals surface area contributed by atoms with Gasteiger partial charge in [0.1, 0.15) is 5.82 Å². The number of carbonyl (C=O) groups is 1. The lowest BCUT2D eigenvalue weighted by molar-refractivity contribution is 0.0696. The van der Waals surface area contributed by atoms with Crippen LogP contribution in [-0.2, 0) is 0 Å². The molecule has 0 spiro atoms. The first-order chi connectivity index (χ1) is 9.86. The molecule has 0 atom stereocenters. The van der Waals surface area contributed by atoms with Crippen LogP contribution in [-0.4, -0.2) is 16.1 Å². The minimum absolute atomic E-state index is 0.159. The van der Waals surface area contributed by atoms with Crippen molar-refractivity contribution in [2.24, 2.45) is 0 Å². The van der Waals surface area contributed by atoms with Crippen LogP contribution < -0.4 is 5.32 Å². The highest BCUT2D eigenvalue weighted by Gasteiger charge is 2.11. The first-order valence-corrected chi connectivity index (χ1v) is 7.44. The summed E-state index contributed by atoms with van der Waals surface area (Å²) >= 11 is 3.49. The number of aromatic nitrogens is 1. The first kappa shape index (κ1) is 15.5. The topological polar surface area (TPSA) is 62.2 Å². The molecule has 2 N–H and O–H groups in total. The van der Waals surface area contributed by atoms with Crippen LogP contribution in [0.2, 0.25) is 0 Å². The number of pyridine rings is 1. The summed E-state index contributed by atoms with van der Waals surface area (Å²) in [6, 6.07) is 9.07. The third kappa shape index (κ3) is 3.82. The van der Waals surface area contributed by atoms with Gasteiger partial charge in [-0.3, -0.25) is 0 Å². The van der Waals surface area contributed by atoms with Gasteiger partial charge in [0.05, 0.1) is 11.3 Å². The van der Waals surface area contributed by atoms with E-state index in [1.807, 2.05) is 39.0 Å². The second-order valence-electron chi connectivity index (χ2n) is 5.23. The number of hydrogen-bond donors (Lipinski definition) is 2. The number of halogens is 1. The molecule has 0 bridgehead atoms. The SMILES string of the molecule is Cc1ccc(Nc2cc(C(=O)O)cc(C(C)C)n2)c(Br)c1. The van der Waals surface area contributed by atoms with Gasteiger partial charge in [-0.25, -0.2) is 9.78 Å². The van der Waals surface area contributed by atoms with Crippen LogP contribution in [0.3, 0.4) is 0 Å². The van der Waals surface area contributed by atoms with Crippen molar-refractivity contribution < 1.29 is 9.90 Å².